The lowest BCUT2D eigenvalue weighted by Crippen LogP contribution is -2.47. The average molecular weight is 283 g/mol. The highest BCUT2D eigenvalue weighted by Crippen LogP contribution is 2.07. The maximum absolute atomic E-state index is 11.7. The van der Waals surface area contributed by atoms with Crippen LogP contribution in [0.25, 0.3) is 0 Å². The van der Waals surface area contributed by atoms with Gasteiger partial charge in [0.1, 0.15) is 0 Å². The van der Waals surface area contributed by atoms with Crippen molar-refractivity contribution in [3.05, 3.63) is 0 Å². The fraction of sp³-hybridized carbons (Fsp3) is 0.917. The molecule has 0 aromatic carbocycles. The largest absolute Gasteiger partial charge is 0.352 e. The third-order valence-corrected chi connectivity index (χ3v) is 3.78. The predicted molar refractivity (Wildman–Crippen MR) is 79.9 cm³/mol. The number of nitrogens with one attached hydrogen (secondary N) is 1. The van der Waals surface area contributed by atoms with Crippen molar-refractivity contribution in [2.45, 2.75) is 52.6 Å². The number of thioether (sulfide) groups is 1. The second kappa shape index (κ2) is 11.2. The Balaban J connectivity index is 0. The fourth-order valence-corrected chi connectivity index (χ4v) is 2.14. The van der Waals surface area contributed by atoms with Crippen molar-refractivity contribution in [3.8, 4) is 0 Å². The molecular weight excluding hydrogens is 256 g/mol. The van der Waals surface area contributed by atoms with E-state index in [9.17, 15) is 4.79 Å². The summed E-state index contributed by atoms with van der Waals surface area (Å²) in [6.07, 6.45) is 1.95. The smallest absolute Gasteiger partial charge is 0.237 e. The van der Waals surface area contributed by atoms with Crippen molar-refractivity contribution in [1.29, 1.82) is 0 Å². The highest BCUT2D eigenvalue weighted by molar-refractivity contribution is 7.99. The van der Waals surface area contributed by atoms with Gasteiger partial charge >= 0.3 is 0 Å². The van der Waals surface area contributed by atoms with Crippen LogP contribution in [0.3, 0.4) is 0 Å². The zero-order valence-electron chi connectivity index (χ0n) is 11.4. The number of nitrogens with two attached hydrogens (primary N) is 1. The molecule has 0 radical (unpaired) electrons. The van der Waals surface area contributed by atoms with Gasteiger partial charge in [-0.15, -0.1) is 12.4 Å². The Kier molecular flexibility index (Phi) is 12.8. The lowest BCUT2D eigenvalue weighted by molar-refractivity contribution is -0.124. The summed E-state index contributed by atoms with van der Waals surface area (Å²) in [5, 5.41) is 2.98. The summed E-state index contributed by atoms with van der Waals surface area (Å²) in [5.74, 6) is 2.46. The van der Waals surface area contributed by atoms with Crippen molar-refractivity contribution < 1.29 is 4.79 Å². The van der Waals surface area contributed by atoms with Crippen molar-refractivity contribution in [1.82, 2.24) is 5.32 Å². The molecule has 5 heteroatoms. The molecule has 0 heterocycles. The summed E-state index contributed by atoms with van der Waals surface area (Å²) in [6.45, 7) is 8.26. The molecule has 0 bridgehead atoms. The van der Waals surface area contributed by atoms with E-state index >= 15 is 0 Å². The monoisotopic (exact) mass is 282 g/mol. The lowest BCUT2D eigenvalue weighted by Gasteiger charge is -2.21. The second-order valence-electron chi connectivity index (χ2n) is 4.31. The Bertz CT molecular complexity index is 205. The molecule has 3 atom stereocenters. The molecule has 3 N–H and O–H groups in total. The van der Waals surface area contributed by atoms with Crippen molar-refractivity contribution in [3.63, 3.8) is 0 Å². The van der Waals surface area contributed by atoms with Gasteiger partial charge in [0.25, 0.3) is 0 Å². The SMILES string of the molecule is CCSCCC(C)NC(=O)C(N)C(C)CC.Cl. The zero-order chi connectivity index (χ0) is 12.6. The molecule has 0 aliphatic heterocycles. The van der Waals surface area contributed by atoms with E-state index in [0.29, 0.717) is 0 Å². The molecule has 0 aliphatic rings. The summed E-state index contributed by atoms with van der Waals surface area (Å²) < 4.78 is 0. The maximum Gasteiger partial charge on any atom is 0.237 e. The maximum atomic E-state index is 11.7. The van der Waals surface area contributed by atoms with Gasteiger partial charge < -0.3 is 11.1 Å². The van der Waals surface area contributed by atoms with E-state index in [1.165, 1.54) is 0 Å². The Morgan fingerprint density at radius 1 is 1.35 bits per heavy atom. The number of amides is 1. The van der Waals surface area contributed by atoms with Crippen LogP contribution >= 0.6 is 24.2 Å². The molecule has 0 rings (SSSR count). The van der Waals surface area contributed by atoms with Crippen LogP contribution in [0.15, 0.2) is 0 Å². The molecular formula is C12H27ClN2OS. The van der Waals surface area contributed by atoms with Gasteiger partial charge in [0.2, 0.25) is 5.91 Å². The van der Waals surface area contributed by atoms with E-state index in [0.717, 1.165) is 24.3 Å². The van der Waals surface area contributed by atoms with Crippen LogP contribution in [-0.2, 0) is 4.79 Å². The van der Waals surface area contributed by atoms with Crippen LogP contribution in [0.1, 0.15) is 40.5 Å². The van der Waals surface area contributed by atoms with Gasteiger partial charge in [-0.1, -0.05) is 27.2 Å². The Hall–Kier alpha value is 0.0700. The molecule has 0 saturated carbocycles. The zero-order valence-corrected chi connectivity index (χ0v) is 13.0. The molecule has 0 saturated heterocycles. The Morgan fingerprint density at radius 3 is 2.41 bits per heavy atom. The molecule has 0 aliphatic carbocycles. The third-order valence-electron chi connectivity index (χ3n) is 2.85. The standard InChI is InChI=1S/C12H26N2OS.ClH/c1-5-9(3)11(13)12(15)14-10(4)7-8-16-6-2;/h9-11H,5-8,13H2,1-4H3,(H,14,15);1H. The first kappa shape index (κ1) is 19.4. The molecule has 104 valence electrons. The van der Waals surface area contributed by atoms with Crippen molar-refractivity contribution >= 4 is 30.1 Å². The number of hydrogen-bond acceptors (Lipinski definition) is 3. The van der Waals surface area contributed by atoms with Crippen LogP contribution in [0.5, 0.6) is 0 Å². The van der Waals surface area contributed by atoms with E-state index in [1.807, 2.05) is 25.6 Å². The normalized spacial score (nSPS) is 15.6. The van der Waals surface area contributed by atoms with Crippen molar-refractivity contribution in [2.24, 2.45) is 11.7 Å². The van der Waals surface area contributed by atoms with E-state index in [2.05, 4.69) is 19.2 Å². The highest BCUT2D eigenvalue weighted by atomic mass is 35.5. The van der Waals surface area contributed by atoms with Gasteiger partial charge in [-0.05, 0) is 30.8 Å². The number of carbonyl (C=O) groups is 1. The molecule has 0 aromatic rings. The molecule has 3 unspecified atom stereocenters. The average Bonchev–Trinajstić information content (AvgIpc) is 2.27. The van der Waals surface area contributed by atoms with Gasteiger partial charge in [0, 0.05) is 6.04 Å². The quantitative estimate of drug-likeness (QED) is 0.672. The lowest BCUT2D eigenvalue weighted by atomic mass is 9.99. The summed E-state index contributed by atoms with van der Waals surface area (Å²) >= 11 is 1.90. The Morgan fingerprint density at radius 2 is 1.94 bits per heavy atom. The van der Waals surface area contributed by atoms with E-state index < -0.39 is 0 Å². The first-order valence-corrected chi connectivity index (χ1v) is 7.32. The van der Waals surface area contributed by atoms with Crippen molar-refractivity contribution in [2.75, 3.05) is 11.5 Å². The minimum absolute atomic E-state index is 0. The van der Waals surface area contributed by atoms with E-state index in [1.54, 1.807) is 0 Å². The van der Waals surface area contributed by atoms with Crippen LogP contribution in [-0.4, -0.2) is 29.5 Å². The van der Waals surface area contributed by atoms with Crippen LogP contribution in [0.4, 0.5) is 0 Å². The third kappa shape index (κ3) is 8.75. The fourth-order valence-electron chi connectivity index (χ4n) is 1.33. The number of halogens is 1. The van der Waals surface area contributed by atoms with Gasteiger partial charge in [-0.3, -0.25) is 4.79 Å². The van der Waals surface area contributed by atoms with Crippen LogP contribution in [0.2, 0.25) is 0 Å². The summed E-state index contributed by atoms with van der Waals surface area (Å²) in [7, 11) is 0. The van der Waals surface area contributed by atoms with Crippen LogP contribution in [0, 0.1) is 5.92 Å². The van der Waals surface area contributed by atoms with Gasteiger partial charge in [0.05, 0.1) is 6.04 Å². The molecule has 0 aromatic heterocycles. The Labute approximate surface area is 116 Å². The number of rotatable bonds is 8. The first-order valence-electron chi connectivity index (χ1n) is 6.16. The molecule has 3 nitrogen and oxygen atoms in total. The number of carbonyl (C=O) groups excluding carboxylic acids is 1. The summed E-state index contributed by atoms with van der Waals surface area (Å²) in [5.41, 5.74) is 5.86. The number of hydrogen-bond donors (Lipinski definition) is 2. The van der Waals surface area contributed by atoms with Gasteiger partial charge in [0.15, 0.2) is 0 Å². The highest BCUT2D eigenvalue weighted by Gasteiger charge is 2.20. The second-order valence-corrected chi connectivity index (χ2v) is 5.70. The van der Waals surface area contributed by atoms with Gasteiger partial charge in [-0.2, -0.15) is 11.8 Å². The summed E-state index contributed by atoms with van der Waals surface area (Å²) in [4.78, 5) is 11.7. The minimum atomic E-state index is -0.369. The summed E-state index contributed by atoms with van der Waals surface area (Å²) in [6, 6.07) is -0.145. The van der Waals surface area contributed by atoms with E-state index in [4.69, 9.17) is 5.73 Å². The first-order chi connectivity index (χ1) is 7.52. The van der Waals surface area contributed by atoms with Gasteiger partial charge in [-0.25, -0.2) is 0 Å². The molecule has 0 spiro atoms. The van der Waals surface area contributed by atoms with Crippen LogP contribution < -0.4 is 11.1 Å². The molecule has 0 fully saturated rings. The minimum Gasteiger partial charge on any atom is -0.352 e. The molecule has 17 heavy (non-hydrogen) atoms. The van der Waals surface area contributed by atoms with E-state index in [-0.39, 0.29) is 36.3 Å². The molecule has 1 amide bonds. The topological polar surface area (TPSA) is 55.1 Å². The predicted octanol–water partition coefficient (Wildman–Crippen LogP) is 2.43.